The first-order valence-corrected chi connectivity index (χ1v) is 18.7. The van der Waals surface area contributed by atoms with Gasteiger partial charge in [0.15, 0.2) is 17.5 Å². The Morgan fingerprint density at radius 3 is 1.38 bits per heavy atom. The molecule has 0 unspecified atom stereocenters. The largest absolute Gasteiger partial charge is 0.456 e. The van der Waals surface area contributed by atoms with E-state index in [0.29, 0.717) is 17.5 Å². The monoisotopic (exact) mass is 717 g/mol. The Bertz CT molecular complexity index is 3180. The average molecular weight is 718 g/mol. The summed E-state index contributed by atoms with van der Waals surface area (Å²) in [5.74, 6) is 1.83. The zero-order chi connectivity index (χ0) is 37.0. The zero-order valence-corrected chi connectivity index (χ0v) is 30.1. The molecule has 0 aliphatic rings. The molecule has 0 radical (unpaired) electrons. The SMILES string of the molecule is c1ccc(-c2ccc3c(c2)oc2cc(-c4ccccc4-c4cccc5oc6cc(-c7nc(-c8ccccc8)nc(-c8ccccc8)n7)ccc6c45)ccc23)cc1. The molecule has 0 aliphatic carbocycles. The molecule has 3 aromatic heterocycles. The number of hydrogen-bond acceptors (Lipinski definition) is 5. The third-order valence-corrected chi connectivity index (χ3v) is 10.6. The summed E-state index contributed by atoms with van der Waals surface area (Å²) in [4.78, 5) is 14.8. The molecular weight excluding hydrogens is 687 g/mol. The van der Waals surface area contributed by atoms with E-state index in [1.54, 1.807) is 0 Å². The molecule has 5 heteroatoms. The summed E-state index contributed by atoms with van der Waals surface area (Å²) in [5, 5.41) is 4.30. The Kier molecular flexibility index (Phi) is 7.42. The Morgan fingerprint density at radius 2 is 0.714 bits per heavy atom. The molecular formula is C51H31N3O2. The van der Waals surface area contributed by atoms with Crippen LogP contribution in [-0.4, -0.2) is 15.0 Å². The summed E-state index contributed by atoms with van der Waals surface area (Å²) in [5.41, 5.74) is 12.8. The quantitative estimate of drug-likeness (QED) is 0.171. The van der Waals surface area contributed by atoms with Crippen LogP contribution in [0.2, 0.25) is 0 Å². The van der Waals surface area contributed by atoms with Gasteiger partial charge in [0, 0.05) is 38.2 Å². The zero-order valence-electron chi connectivity index (χ0n) is 30.1. The van der Waals surface area contributed by atoms with Gasteiger partial charge in [-0.2, -0.15) is 0 Å². The molecule has 0 spiro atoms. The van der Waals surface area contributed by atoms with Crippen LogP contribution < -0.4 is 0 Å². The first kappa shape index (κ1) is 31.9. The van der Waals surface area contributed by atoms with E-state index in [4.69, 9.17) is 23.8 Å². The number of fused-ring (bicyclic) bond motifs is 6. The molecule has 5 nitrogen and oxygen atoms in total. The van der Waals surface area contributed by atoms with Gasteiger partial charge in [0.2, 0.25) is 0 Å². The minimum Gasteiger partial charge on any atom is -0.456 e. The topological polar surface area (TPSA) is 65.0 Å². The molecule has 8 aromatic carbocycles. The summed E-state index contributed by atoms with van der Waals surface area (Å²) in [6.45, 7) is 0. The summed E-state index contributed by atoms with van der Waals surface area (Å²) in [6, 6.07) is 64.6. The molecule has 262 valence electrons. The lowest BCUT2D eigenvalue weighted by Crippen LogP contribution is -2.00. The Morgan fingerprint density at radius 1 is 0.268 bits per heavy atom. The highest BCUT2D eigenvalue weighted by Gasteiger charge is 2.19. The van der Waals surface area contributed by atoms with Crippen molar-refractivity contribution >= 4 is 43.9 Å². The van der Waals surface area contributed by atoms with Gasteiger partial charge in [0.25, 0.3) is 0 Å². The molecule has 0 saturated carbocycles. The molecule has 56 heavy (non-hydrogen) atoms. The van der Waals surface area contributed by atoms with Crippen LogP contribution >= 0.6 is 0 Å². The van der Waals surface area contributed by atoms with Crippen LogP contribution in [0.15, 0.2) is 197 Å². The van der Waals surface area contributed by atoms with Crippen LogP contribution in [0, 0.1) is 0 Å². The van der Waals surface area contributed by atoms with Crippen LogP contribution in [0.25, 0.3) is 111 Å². The van der Waals surface area contributed by atoms with Crippen molar-refractivity contribution in [2.45, 2.75) is 0 Å². The van der Waals surface area contributed by atoms with E-state index >= 15 is 0 Å². The number of hydrogen-bond donors (Lipinski definition) is 0. The van der Waals surface area contributed by atoms with E-state index in [-0.39, 0.29) is 0 Å². The number of furan rings is 2. The second-order valence-electron chi connectivity index (χ2n) is 14.0. The van der Waals surface area contributed by atoms with Gasteiger partial charge in [-0.1, -0.05) is 146 Å². The van der Waals surface area contributed by atoms with Crippen molar-refractivity contribution in [2.75, 3.05) is 0 Å². The van der Waals surface area contributed by atoms with E-state index in [2.05, 4.69) is 109 Å². The predicted molar refractivity (Wildman–Crippen MR) is 227 cm³/mol. The van der Waals surface area contributed by atoms with E-state index in [0.717, 1.165) is 88.4 Å². The van der Waals surface area contributed by atoms with Crippen LogP contribution in [-0.2, 0) is 0 Å². The van der Waals surface area contributed by atoms with Crippen molar-refractivity contribution in [1.29, 1.82) is 0 Å². The number of aromatic nitrogens is 3. The highest BCUT2D eigenvalue weighted by atomic mass is 16.3. The minimum absolute atomic E-state index is 0.586. The maximum atomic E-state index is 6.60. The number of benzene rings is 8. The van der Waals surface area contributed by atoms with Gasteiger partial charge >= 0.3 is 0 Å². The van der Waals surface area contributed by atoms with Crippen molar-refractivity contribution in [3.05, 3.63) is 188 Å². The second kappa shape index (κ2) is 13.0. The third-order valence-electron chi connectivity index (χ3n) is 10.6. The molecule has 0 N–H and O–H groups in total. The molecule has 0 fully saturated rings. The van der Waals surface area contributed by atoms with Crippen LogP contribution in [0.4, 0.5) is 0 Å². The smallest absolute Gasteiger partial charge is 0.164 e. The fourth-order valence-electron chi connectivity index (χ4n) is 7.85. The molecule has 0 bridgehead atoms. The first-order valence-electron chi connectivity index (χ1n) is 18.7. The summed E-state index contributed by atoms with van der Waals surface area (Å²) in [7, 11) is 0. The molecule has 0 saturated heterocycles. The van der Waals surface area contributed by atoms with Crippen molar-refractivity contribution in [2.24, 2.45) is 0 Å². The van der Waals surface area contributed by atoms with Crippen LogP contribution in [0.1, 0.15) is 0 Å². The predicted octanol–water partition coefficient (Wildman–Crippen LogP) is 13.7. The van der Waals surface area contributed by atoms with Crippen molar-refractivity contribution < 1.29 is 8.83 Å². The van der Waals surface area contributed by atoms with Gasteiger partial charge in [-0.15, -0.1) is 0 Å². The Labute approximate surface area is 322 Å². The van der Waals surface area contributed by atoms with E-state index in [1.165, 1.54) is 5.56 Å². The van der Waals surface area contributed by atoms with Crippen molar-refractivity contribution in [3.8, 4) is 67.5 Å². The van der Waals surface area contributed by atoms with E-state index < -0.39 is 0 Å². The standard InChI is InChI=1S/C51H31N3O2/c1-4-13-32(14-5-1)35-23-26-40-41-27-24-36(30-46(41)56-45(40)29-35)38-19-10-11-20-39(38)42-21-12-22-44-48(42)43-28-25-37(31-47(43)55-44)51-53-49(33-15-6-2-7-16-33)52-50(54-51)34-17-8-3-9-18-34/h1-31H. The molecule has 0 amide bonds. The Hall–Kier alpha value is -7.63. The average Bonchev–Trinajstić information content (AvgIpc) is 3.84. The number of nitrogens with zero attached hydrogens (tertiary/aromatic N) is 3. The maximum absolute atomic E-state index is 6.60. The maximum Gasteiger partial charge on any atom is 0.164 e. The first-order chi connectivity index (χ1) is 27.7. The van der Waals surface area contributed by atoms with Crippen molar-refractivity contribution in [3.63, 3.8) is 0 Å². The lowest BCUT2D eigenvalue weighted by molar-refractivity contribution is 0.668. The van der Waals surface area contributed by atoms with Gasteiger partial charge in [-0.3, -0.25) is 0 Å². The van der Waals surface area contributed by atoms with Crippen molar-refractivity contribution in [1.82, 2.24) is 15.0 Å². The van der Waals surface area contributed by atoms with E-state index in [1.807, 2.05) is 78.9 Å². The van der Waals surface area contributed by atoms with Crippen LogP contribution in [0.3, 0.4) is 0 Å². The third kappa shape index (κ3) is 5.45. The minimum atomic E-state index is 0.586. The second-order valence-corrected chi connectivity index (χ2v) is 14.0. The summed E-state index contributed by atoms with van der Waals surface area (Å²) >= 11 is 0. The molecule has 11 rings (SSSR count). The van der Waals surface area contributed by atoms with Gasteiger partial charge in [0.1, 0.15) is 22.3 Å². The summed E-state index contributed by atoms with van der Waals surface area (Å²) < 4.78 is 13.1. The molecule has 3 heterocycles. The van der Waals surface area contributed by atoms with Gasteiger partial charge in [-0.05, 0) is 75.8 Å². The molecule has 0 aliphatic heterocycles. The Balaban J connectivity index is 1.01. The van der Waals surface area contributed by atoms with Crippen LogP contribution in [0.5, 0.6) is 0 Å². The number of rotatable bonds is 6. The molecule has 0 atom stereocenters. The highest BCUT2D eigenvalue weighted by molar-refractivity contribution is 6.14. The van der Waals surface area contributed by atoms with Gasteiger partial charge in [0.05, 0.1) is 0 Å². The molecule has 11 aromatic rings. The van der Waals surface area contributed by atoms with Gasteiger partial charge in [-0.25, -0.2) is 15.0 Å². The lowest BCUT2D eigenvalue weighted by atomic mass is 9.91. The summed E-state index contributed by atoms with van der Waals surface area (Å²) in [6.07, 6.45) is 0. The normalized spacial score (nSPS) is 11.6. The fourth-order valence-corrected chi connectivity index (χ4v) is 7.85. The van der Waals surface area contributed by atoms with Gasteiger partial charge < -0.3 is 8.83 Å². The highest BCUT2D eigenvalue weighted by Crippen LogP contribution is 2.43. The van der Waals surface area contributed by atoms with E-state index in [9.17, 15) is 0 Å². The fraction of sp³-hybridized carbons (Fsp3) is 0. The lowest BCUT2D eigenvalue weighted by Gasteiger charge is -2.11.